The van der Waals surface area contributed by atoms with E-state index in [1.54, 1.807) is 6.21 Å². The molecular formula is C15H20N2. The minimum absolute atomic E-state index is 0.792. The second-order valence-corrected chi connectivity index (χ2v) is 3.92. The van der Waals surface area contributed by atoms with Crippen LogP contribution in [-0.2, 0) is 6.54 Å². The summed E-state index contributed by atoms with van der Waals surface area (Å²) in [7, 11) is 0. The molecule has 0 atom stereocenters. The first-order valence-corrected chi connectivity index (χ1v) is 5.78. The molecule has 1 N–H and O–H groups in total. The number of hydrogen-bond acceptors (Lipinski definition) is 2. The average Bonchev–Trinajstić information content (AvgIpc) is 2.36. The van der Waals surface area contributed by atoms with Crippen molar-refractivity contribution in [2.24, 2.45) is 4.99 Å². The number of nitrogens with one attached hydrogen (secondary N) is 1. The Morgan fingerprint density at radius 3 is 2.53 bits per heavy atom. The Kier molecular flexibility index (Phi) is 5.21. The van der Waals surface area contributed by atoms with E-state index < -0.39 is 0 Å². The van der Waals surface area contributed by atoms with Crippen LogP contribution >= 0.6 is 0 Å². The third kappa shape index (κ3) is 4.27. The summed E-state index contributed by atoms with van der Waals surface area (Å²) in [5.41, 5.74) is 4.27. The summed E-state index contributed by atoms with van der Waals surface area (Å²) < 4.78 is 0. The van der Waals surface area contributed by atoms with Crippen LogP contribution in [0, 0.1) is 0 Å². The predicted octanol–water partition coefficient (Wildman–Crippen LogP) is 3.67. The molecular weight excluding hydrogens is 208 g/mol. The standard InChI is InChI=1S/C15H20N2/c1-5-16-13(3)12(2)14(4)17-11-15-9-7-6-8-10-15/h5-10,17H,4,11H2,1-3H3/b13-12-,16-5?. The molecule has 0 amide bonds. The number of benzene rings is 1. The zero-order valence-electron chi connectivity index (χ0n) is 10.8. The van der Waals surface area contributed by atoms with Crippen LogP contribution in [0.15, 0.2) is 58.9 Å². The highest BCUT2D eigenvalue weighted by Gasteiger charge is 2.00. The maximum atomic E-state index is 4.25. The van der Waals surface area contributed by atoms with Gasteiger partial charge in [0.2, 0.25) is 0 Å². The van der Waals surface area contributed by atoms with Gasteiger partial charge in [-0.1, -0.05) is 36.9 Å². The highest BCUT2D eigenvalue weighted by molar-refractivity contribution is 5.55. The van der Waals surface area contributed by atoms with Crippen LogP contribution in [-0.4, -0.2) is 6.21 Å². The van der Waals surface area contributed by atoms with Crippen LogP contribution in [0.3, 0.4) is 0 Å². The van der Waals surface area contributed by atoms with Gasteiger partial charge in [0.05, 0.1) is 0 Å². The first-order valence-electron chi connectivity index (χ1n) is 5.78. The zero-order valence-corrected chi connectivity index (χ0v) is 10.8. The van der Waals surface area contributed by atoms with E-state index in [1.807, 2.05) is 39.0 Å². The first kappa shape index (κ1) is 13.2. The van der Waals surface area contributed by atoms with Gasteiger partial charge >= 0.3 is 0 Å². The maximum absolute atomic E-state index is 4.25. The van der Waals surface area contributed by atoms with E-state index in [0.29, 0.717) is 0 Å². The fraction of sp³-hybridized carbons (Fsp3) is 0.267. The number of rotatable bonds is 5. The van der Waals surface area contributed by atoms with Crippen molar-refractivity contribution in [3.8, 4) is 0 Å². The van der Waals surface area contributed by atoms with Gasteiger partial charge in [-0.3, -0.25) is 4.99 Å². The smallest absolute Gasteiger partial charge is 0.0418 e. The molecule has 0 aliphatic carbocycles. The normalized spacial score (nSPS) is 12.4. The third-order valence-corrected chi connectivity index (χ3v) is 2.67. The van der Waals surface area contributed by atoms with Gasteiger partial charge in [-0.2, -0.15) is 0 Å². The SMILES string of the molecule is C=C(NCc1ccccc1)/C(C)=C(/C)N=CC. The Hall–Kier alpha value is -1.83. The second kappa shape index (κ2) is 6.69. The van der Waals surface area contributed by atoms with Gasteiger partial charge in [-0.15, -0.1) is 0 Å². The summed E-state index contributed by atoms with van der Waals surface area (Å²) in [6, 6.07) is 10.3. The van der Waals surface area contributed by atoms with Crippen LogP contribution in [0.1, 0.15) is 26.3 Å². The van der Waals surface area contributed by atoms with Crippen LogP contribution in [0.4, 0.5) is 0 Å². The van der Waals surface area contributed by atoms with Gasteiger partial charge in [0.25, 0.3) is 0 Å². The molecule has 1 aromatic rings. The molecule has 0 spiro atoms. The highest BCUT2D eigenvalue weighted by atomic mass is 14.9. The lowest BCUT2D eigenvalue weighted by Crippen LogP contribution is -2.13. The van der Waals surface area contributed by atoms with Crippen molar-refractivity contribution in [2.45, 2.75) is 27.3 Å². The maximum Gasteiger partial charge on any atom is 0.0418 e. The Bertz CT molecular complexity index is 427. The van der Waals surface area contributed by atoms with Crippen molar-refractivity contribution in [3.63, 3.8) is 0 Å². The zero-order chi connectivity index (χ0) is 12.7. The molecule has 0 aliphatic rings. The molecule has 2 nitrogen and oxygen atoms in total. The summed E-state index contributed by atoms with van der Waals surface area (Å²) in [6.07, 6.45) is 1.79. The molecule has 0 aliphatic heterocycles. The van der Waals surface area contributed by atoms with E-state index in [1.165, 1.54) is 5.56 Å². The molecule has 0 radical (unpaired) electrons. The lowest BCUT2D eigenvalue weighted by atomic mass is 10.1. The summed E-state index contributed by atoms with van der Waals surface area (Å²) in [5.74, 6) is 0. The molecule has 2 heteroatoms. The Morgan fingerprint density at radius 1 is 1.29 bits per heavy atom. The molecule has 90 valence electrons. The molecule has 1 rings (SSSR count). The Labute approximate surface area is 104 Å². The first-order chi connectivity index (χ1) is 8.15. The van der Waals surface area contributed by atoms with Crippen LogP contribution < -0.4 is 5.32 Å². The summed E-state index contributed by atoms with van der Waals surface area (Å²) >= 11 is 0. The van der Waals surface area contributed by atoms with Crippen LogP contribution in [0.5, 0.6) is 0 Å². The largest absolute Gasteiger partial charge is 0.381 e. The van der Waals surface area contributed by atoms with E-state index in [2.05, 4.69) is 29.0 Å². The Morgan fingerprint density at radius 2 is 1.94 bits per heavy atom. The van der Waals surface area contributed by atoms with Crippen molar-refractivity contribution in [2.75, 3.05) is 0 Å². The van der Waals surface area contributed by atoms with Crippen molar-refractivity contribution in [1.29, 1.82) is 0 Å². The van der Waals surface area contributed by atoms with Gasteiger partial charge < -0.3 is 5.32 Å². The molecule has 0 heterocycles. The quantitative estimate of drug-likeness (QED) is 0.603. The minimum atomic E-state index is 0.792. The van der Waals surface area contributed by atoms with Gasteiger partial charge in [-0.05, 0) is 31.9 Å². The minimum Gasteiger partial charge on any atom is -0.381 e. The second-order valence-electron chi connectivity index (χ2n) is 3.92. The monoisotopic (exact) mass is 228 g/mol. The Balaban J connectivity index is 2.59. The van der Waals surface area contributed by atoms with E-state index >= 15 is 0 Å². The van der Waals surface area contributed by atoms with Crippen molar-refractivity contribution in [3.05, 3.63) is 59.4 Å². The average molecular weight is 228 g/mol. The summed E-state index contributed by atoms with van der Waals surface area (Å²) in [6.45, 7) is 10.8. The third-order valence-electron chi connectivity index (χ3n) is 2.67. The molecule has 0 aromatic heterocycles. The molecule has 0 fully saturated rings. The van der Waals surface area contributed by atoms with Crippen LogP contribution in [0.2, 0.25) is 0 Å². The van der Waals surface area contributed by atoms with Gasteiger partial charge in [0.15, 0.2) is 0 Å². The molecule has 0 bridgehead atoms. The van der Waals surface area contributed by atoms with Crippen LogP contribution in [0.25, 0.3) is 0 Å². The topological polar surface area (TPSA) is 24.4 Å². The summed E-state index contributed by atoms with van der Waals surface area (Å²) in [5, 5.41) is 3.31. The molecule has 0 saturated carbocycles. The van der Waals surface area contributed by atoms with Crippen molar-refractivity contribution >= 4 is 6.21 Å². The number of nitrogens with zero attached hydrogens (tertiary/aromatic N) is 1. The number of aliphatic imine (C=N–C) groups is 1. The lowest BCUT2D eigenvalue weighted by Gasteiger charge is -2.11. The highest BCUT2D eigenvalue weighted by Crippen LogP contribution is 2.11. The summed E-state index contributed by atoms with van der Waals surface area (Å²) in [4.78, 5) is 4.25. The van der Waals surface area contributed by atoms with Crippen molar-refractivity contribution in [1.82, 2.24) is 5.32 Å². The molecule has 0 unspecified atom stereocenters. The van der Waals surface area contributed by atoms with Crippen molar-refractivity contribution < 1.29 is 0 Å². The van der Waals surface area contributed by atoms with Gasteiger partial charge in [0, 0.05) is 24.2 Å². The lowest BCUT2D eigenvalue weighted by molar-refractivity contribution is 0.818. The van der Waals surface area contributed by atoms with E-state index in [4.69, 9.17) is 0 Å². The predicted molar refractivity (Wildman–Crippen MR) is 75.0 cm³/mol. The van der Waals surface area contributed by atoms with E-state index in [0.717, 1.165) is 23.5 Å². The number of hydrogen-bond donors (Lipinski definition) is 1. The molecule has 0 saturated heterocycles. The van der Waals surface area contributed by atoms with E-state index in [9.17, 15) is 0 Å². The molecule has 17 heavy (non-hydrogen) atoms. The van der Waals surface area contributed by atoms with E-state index in [-0.39, 0.29) is 0 Å². The van der Waals surface area contributed by atoms with Gasteiger partial charge in [-0.25, -0.2) is 0 Å². The van der Waals surface area contributed by atoms with Gasteiger partial charge in [0.1, 0.15) is 0 Å². The fourth-order valence-electron chi connectivity index (χ4n) is 1.45. The molecule has 1 aromatic carbocycles. The fourth-order valence-corrected chi connectivity index (χ4v) is 1.45. The number of allylic oxidation sites excluding steroid dienone is 2.